The first-order valence-corrected chi connectivity index (χ1v) is 7.67. The molecule has 122 valence electrons. The number of amides is 1. The second-order valence-corrected chi connectivity index (χ2v) is 5.71. The number of benzene rings is 1. The number of carbonyl (C=O) groups excluding carboxylic acids is 1. The maximum Gasteiger partial charge on any atom is 0.268 e. The molecule has 0 saturated carbocycles. The Morgan fingerprint density at radius 1 is 1.21 bits per heavy atom. The topological polar surface area (TPSA) is 46.9 Å². The summed E-state index contributed by atoms with van der Waals surface area (Å²) in [5.74, 6) is -0.444. The van der Waals surface area contributed by atoms with Crippen molar-refractivity contribution < 1.29 is 9.18 Å². The number of carbonyl (C=O) groups is 1. The largest absolute Gasteiger partial charge is 0.346 e. The van der Waals surface area contributed by atoms with Crippen molar-refractivity contribution in [2.75, 3.05) is 0 Å². The van der Waals surface area contributed by atoms with Gasteiger partial charge in [-0.1, -0.05) is 18.2 Å². The van der Waals surface area contributed by atoms with Crippen LogP contribution in [0.3, 0.4) is 0 Å². The van der Waals surface area contributed by atoms with Crippen molar-refractivity contribution in [3.05, 3.63) is 78.1 Å². The summed E-state index contributed by atoms with van der Waals surface area (Å²) in [5.41, 5.74) is 3.23. The van der Waals surface area contributed by atoms with Gasteiger partial charge in [0.15, 0.2) is 0 Å². The summed E-state index contributed by atoms with van der Waals surface area (Å²) in [5, 5.41) is 2.97. The Bertz CT molecular complexity index is 841. The van der Waals surface area contributed by atoms with E-state index in [0.29, 0.717) is 5.69 Å². The molecule has 5 heteroatoms. The van der Waals surface area contributed by atoms with Gasteiger partial charge in [-0.25, -0.2) is 4.39 Å². The van der Waals surface area contributed by atoms with Crippen molar-refractivity contribution in [1.29, 1.82) is 0 Å². The average Bonchev–Trinajstić information content (AvgIpc) is 2.98. The van der Waals surface area contributed by atoms with Crippen molar-refractivity contribution in [2.24, 2.45) is 7.05 Å². The van der Waals surface area contributed by atoms with E-state index >= 15 is 0 Å². The molecular formula is C19H18FN3O. The lowest BCUT2D eigenvalue weighted by molar-refractivity contribution is 0.0931. The molecule has 0 radical (unpaired) electrons. The van der Waals surface area contributed by atoms with Crippen molar-refractivity contribution in [2.45, 2.75) is 13.0 Å². The van der Waals surface area contributed by atoms with Crippen LogP contribution in [0.5, 0.6) is 0 Å². The summed E-state index contributed by atoms with van der Waals surface area (Å²) in [7, 11) is 1.82. The zero-order chi connectivity index (χ0) is 17.1. The summed E-state index contributed by atoms with van der Waals surface area (Å²) < 4.78 is 14.8. The number of nitrogens with zero attached hydrogens (tertiary/aromatic N) is 2. The smallest absolute Gasteiger partial charge is 0.268 e. The molecule has 3 rings (SSSR count). The molecule has 1 amide bonds. The van der Waals surface area contributed by atoms with E-state index in [9.17, 15) is 9.18 Å². The van der Waals surface area contributed by atoms with E-state index in [4.69, 9.17) is 0 Å². The Labute approximate surface area is 140 Å². The lowest BCUT2D eigenvalue weighted by Crippen LogP contribution is -2.28. The summed E-state index contributed by atoms with van der Waals surface area (Å²) in [4.78, 5) is 16.6. The van der Waals surface area contributed by atoms with Crippen LogP contribution in [0.15, 0.2) is 61.1 Å². The molecule has 2 aromatic heterocycles. The number of pyridine rings is 1. The van der Waals surface area contributed by atoms with Crippen molar-refractivity contribution in [3.63, 3.8) is 0 Å². The van der Waals surface area contributed by atoms with Gasteiger partial charge in [0.25, 0.3) is 5.91 Å². The standard InChI is InChI=1S/C19H18FN3O/c1-13(15-4-3-9-21-11-15)22-19(24)18-10-16(12-23(18)2)14-5-7-17(20)8-6-14/h3-13H,1-2H3,(H,22,24). The lowest BCUT2D eigenvalue weighted by Gasteiger charge is -2.14. The Hall–Kier alpha value is -2.95. The SMILES string of the molecule is CC(NC(=O)c1cc(-c2ccc(F)cc2)cn1C)c1cccnc1. The van der Waals surface area contributed by atoms with Gasteiger partial charge in [-0.3, -0.25) is 9.78 Å². The van der Waals surface area contributed by atoms with Gasteiger partial charge in [0.1, 0.15) is 11.5 Å². The van der Waals surface area contributed by atoms with Gasteiger partial charge in [0.2, 0.25) is 0 Å². The van der Waals surface area contributed by atoms with E-state index in [2.05, 4.69) is 10.3 Å². The fraction of sp³-hybridized carbons (Fsp3) is 0.158. The zero-order valence-corrected chi connectivity index (χ0v) is 13.5. The minimum absolute atomic E-state index is 0.143. The van der Waals surface area contributed by atoms with Crippen LogP contribution in [0.25, 0.3) is 11.1 Å². The third-order valence-electron chi connectivity index (χ3n) is 3.95. The Morgan fingerprint density at radius 3 is 2.62 bits per heavy atom. The molecule has 2 heterocycles. The molecule has 0 aliphatic carbocycles. The number of rotatable bonds is 4. The normalized spacial score (nSPS) is 12.0. The molecule has 0 bridgehead atoms. The maximum absolute atomic E-state index is 13.0. The molecule has 1 N–H and O–H groups in total. The third kappa shape index (κ3) is 3.35. The van der Waals surface area contributed by atoms with Crippen LogP contribution < -0.4 is 5.32 Å². The van der Waals surface area contributed by atoms with Gasteiger partial charge in [0.05, 0.1) is 6.04 Å². The van der Waals surface area contributed by atoms with E-state index in [-0.39, 0.29) is 17.8 Å². The Balaban J connectivity index is 1.79. The van der Waals surface area contributed by atoms with Crippen LogP contribution in [0.2, 0.25) is 0 Å². The predicted octanol–water partition coefficient (Wildman–Crippen LogP) is 3.72. The van der Waals surface area contributed by atoms with Crippen LogP contribution in [0, 0.1) is 5.82 Å². The molecule has 24 heavy (non-hydrogen) atoms. The summed E-state index contributed by atoms with van der Waals surface area (Å²) in [6, 6.07) is 11.6. The number of aromatic nitrogens is 2. The summed E-state index contributed by atoms with van der Waals surface area (Å²) >= 11 is 0. The molecule has 0 saturated heterocycles. The first-order valence-electron chi connectivity index (χ1n) is 7.67. The summed E-state index contributed by atoms with van der Waals surface area (Å²) in [6.07, 6.45) is 5.29. The molecule has 1 unspecified atom stereocenters. The molecule has 0 spiro atoms. The molecule has 0 fully saturated rings. The second-order valence-electron chi connectivity index (χ2n) is 5.71. The number of nitrogens with one attached hydrogen (secondary N) is 1. The molecule has 4 nitrogen and oxygen atoms in total. The van der Waals surface area contributed by atoms with Gasteiger partial charge in [-0.15, -0.1) is 0 Å². The van der Waals surface area contributed by atoms with Gasteiger partial charge >= 0.3 is 0 Å². The number of hydrogen-bond donors (Lipinski definition) is 1. The molecule has 0 aliphatic rings. The highest BCUT2D eigenvalue weighted by molar-refractivity contribution is 5.94. The fourth-order valence-corrected chi connectivity index (χ4v) is 2.58. The quantitative estimate of drug-likeness (QED) is 0.795. The van der Waals surface area contributed by atoms with E-state index in [1.807, 2.05) is 32.3 Å². The monoisotopic (exact) mass is 323 g/mol. The Morgan fingerprint density at radius 2 is 1.96 bits per heavy atom. The van der Waals surface area contributed by atoms with Crippen LogP contribution in [0.1, 0.15) is 29.0 Å². The van der Waals surface area contributed by atoms with Crippen molar-refractivity contribution in [3.8, 4) is 11.1 Å². The number of aryl methyl sites for hydroxylation is 1. The van der Waals surface area contributed by atoms with E-state index < -0.39 is 0 Å². The highest BCUT2D eigenvalue weighted by Gasteiger charge is 2.16. The van der Waals surface area contributed by atoms with Crippen LogP contribution in [-0.4, -0.2) is 15.5 Å². The minimum Gasteiger partial charge on any atom is -0.346 e. The van der Waals surface area contributed by atoms with E-state index in [1.54, 1.807) is 35.2 Å². The first-order chi connectivity index (χ1) is 11.5. The maximum atomic E-state index is 13.0. The third-order valence-corrected chi connectivity index (χ3v) is 3.95. The van der Waals surface area contributed by atoms with Crippen LogP contribution >= 0.6 is 0 Å². The molecule has 1 atom stereocenters. The van der Waals surface area contributed by atoms with E-state index in [1.165, 1.54) is 12.1 Å². The highest BCUT2D eigenvalue weighted by Crippen LogP contribution is 2.22. The molecular weight excluding hydrogens is 305 g/mol. The van der Waals surface area contributed by atoms with E-state index in [0.717, 1.165) is 16.7 Å². The zero-order valence-electron chi connectivity index (χ0n) is 13.5. The van der Waals surface area contributed by atoms with Crippen LogP contribution in [-0.2, 0) is 7.05 Å². The highest BCUT2D eigenvalue weighted by atomic mass is 19.1. The lowest BCUT2D eigenvalue weighted by atomic mass is 10.1. The molecule has 3 aromatic rings. The van der Waals surface area contributed by atoms with Gasteiger partial charge in [-0.05, 0) is 42.3 Å². The van der Waals surface area contributed by atoms with Gasteiger partial charge < -0.3 is 9.88 Å². The molecule has 1 aromatic carbocycles. The number of hydrogen-bond acceptors (Lipinski definition) is 2. The molecule has 0 aliphatic heterocycles. The summed E-state index contributed by atoms with van der Waals surface area (Å²) in [6.45, 7) is 1.92. The van der Waals surface area contributed by atoms with Gasteiger partial charge in [0, 0.05) is 31.2 Å². The van der Waals surface area contributed by atoms with Crippen molar-refractivity contribution in [1.82, 2.24) is 14.9 Å². The average molecular weight is 323 g/mol. The van der Waals surface area contributed by atoms with Gasteiger partial charge in [-0.2, -0.15) is 0 Å². The first kappa shape index (κ1) is 15.9. The second kappa shape index (κ2) is 6.66. The minimum atomic E-state index is -0.280. The number of halogens is 1. The van der Waals surface area contributed by atoms with Crippen LogP contribution in [0.4, 0.5) is 4.39 Å². The Kier molecular flexibility index (Phi) is 4.42. The fourth-order valence-electron chi connectivity index (χ4n) is 2.58. The van der Waals surface area contributed by atoms with Crippen molar-refractivity contribution >= 4 is 5.91 Å². The predicted molar refractivity (Wildman–Crippen MR) is 90.9 cm³/mol.